The summed E-state index contributed by atoms with van der Waals surface area (Å²) in [6.45, 7) is 3.76. The van der Waals surface area contributed by atoms with Crippen molar-refractivity contribution in [2.75, 3.05) is 19.8 Å². The van der Waals surface area contributed by atoms with Gasteiger partial charge >= 0.3 is 0 Å². The van der Waals surface area contributed by atoms with E-state index in [-0.39, 0.29) is 6.61 Å². The lowest BCUT2D eigenvalue weighted by Gasteiger charge is -2.04. The fraction of sp³-hybridized carbons (Fsp3) is 1.00. The summed E-state index contributed by atoms with van der Waals surface area (Å²) < 4.78 is 5.27. The Kier molecular flexibility index (Phi) is 25.8. The number of aliphatic hydroxyl groups is 1. The summed E-state index contributed by atoms with van der Waals surface area (Å²) >= 11 is 0. The number of hydrogen-bond donors (Lipinski definition) is 1. The van der Waals surface area contributed by atoms with Crippen LogP contribution in [-0.4, -0.2) is 24.9 Å². The topological polar surface area (TPSA) is 29.5 Å². The van der Waals surface area contributed by atoms with E-state index in [1.54, 1.807) is 0 Å². The number of unbranched alkanes of at least 4 members (excludes halogenated alkanes) is 20. The third kappa shape index (κ3) is 25.9. The summed E-state index contributed by atoms with van der Waals surface area (Å²) in [5.41, 5.74) is 0. The predicted octanol–water partition coefficient (Wildman–Crippen LogP) is 8.21. The molecule has 27 heavy (non-hydrogen) atoms. The van der Waals surface area contributed by atoms with Crippen LogP contribution in [-0.2, 0) is 4.74 Å². The van der Waals surface area contributed by atoms with E-state index >= 15 is 0 Å². The third-order valence-electron chi connectivity index (χ3n) is 5.63. The lowest BCUT2D eigenvalue weighted by Crippen LogP contribution is -2.00. The van der Waals surface area contributed by atoms with Crippen LogP contribution in [0.3, 0.4) is 0 Å². The highest BCUT2D eigenvalue weighted by molar-refractivity contribution is 4.51. The molecule has 0 aliphatic rings. The minimum atomic E-state index is 0.152. The van der Waals surface area contributed by atoms with Crippen LogP contribution < -0.4 is 0 Å². The molecule has 0 saturated carbocycles. The van der Waals surface area contributed by atoms with Crippen LogP contribution >= 0.6 is 0 Å². The first-order chi connectivity index (χ1) is 13.4. The quantitative estimate of drug-likeness (QED) is 0.170. The van der Waals surface area contributed by atoms with E-state index in [0.29, 0.717) is 6.61 Å². The zero-order chi connectivity index (χ0) is 19.7. The molecule has 2 nitrogen and oxygen atoms in total. The summed E-state index contributed by atoms with van der Waals surface area (Å²) in [6.07, 6.45) is 29.8. The Bertz CT molecular complexity index is 218. The first-order valence-corrected chi connectivity index (χ1v) is 12.6. The van der Waals surface area contributed by atoms with Gasteiger partial charge in [-0.1, -0.05) is 135 Å². The van der Waals surface area contributed by atoms with Gasteiger partial charge in [0, 0.05) is 6.61 Å². The van der Waals surface area contributed by atoms with Crippen molar-refractivity contribution in [1.82, 2.24) is 0 Å². The molecular weight excluding hydrogens is 332 g/mol. The molecular formula is C25H52O2. The van der Waals surface area contributed by atoms with Gasteiger partial charge in [0.1, 0.15) is 0 Å². The van der Waals surface area contributed by atoms with Gasteiger partial charge in [0.05, 0.1) is 13.2 Å². The molecule has 164 valence electrons. The first-order valence-electron chi connectivity index (χ1n) is 12.6. The monoisotopic (exact) mass is 384 g/mol. The number of rotatable bonds is 24. The van der Waals surface area contributed by atoms with Crippen molar-refractivity contribution in [1.29, 1.82) is 0 Å². The lowest BCUT2D eigenvalue weighted by molar-refractivity contribution is 0.0895. The lowest BCUT2D eigenvalue weighted by atomic mass is 10.0. The molecule has 0 aromatic carbocycles. The number of ether oxygens (including phenoxy) is 1. The Morgan fingerprint density at radius 2 is 0.704 bits per heavy atom. The van der Waals surface area contributed by atoms with Gasteiger partial charge in [-0.25, -0.2) is 0 Å². The molecule has 0 amide bonds. The van der Waals surface area contributed by atoms with Crippen LogP contribution in [0.25, 0.3) is 0 Å². The van der Waals surface area contributed by atoms with Crippen LogP contribution in [0.4, 0.5) is 0 Å². The highest BCUT2D eigenvalue weighted by Crippen LogP contribution is 2.15. The molecule has 0 radical (unpaired) electrons. The van der Waals surface area contributed by atoms with E-state index in [1.165, 1.54) is 128 Å². The van der Waals surface area contributed by atoms with Crippen LogP contribution in [0.15, 0.2) is 0 Å². The second-order valence-corrected chi connectivity index (χ2v) is 8.41. The standard InChI is InChI=1S/C25H52O2/c1-2-3-4-5-6-7-8-9-10-11-12-13-14-15-16-17-18-19-20-21-22-24-27-25-23-26/h26H,2-25H2,1H3. The van der Waals surface area contributed by atoms with Crippen molar-refractivity contribution in [3.05, 3.63) is 0 Å². The zero-order valence-corrected chi connectivity index (χ0v) is 18.8. The zero-order valence-electron chi connectivity index (χ0n) is 18.8. The molecule has 0 bridgehead atoms. The molecule has 0 aromatic heterocycles. The summed E-state index contributed by atoms with van der Waals surface area (Å²) in [6, 6.07) is 0. The molecule has 0 aliphatic carbocycles. The van der Waals surface area contributed by atoms with Crippen molar-refractivity contribution in [3.63, 3.8) is 0 Å². The highest BCUT2D eigenvalue weighted by atomic mass is 16.5. The van der Waals surface area contributed by atoms with E-state index in [2.05, 4.69) is 6.92 Å². The van der Waals surface area contributed by atoms with E-state index in [1.807, 2.05) is 0 Å². The van der Waals surface area contributed by atoms with Crippen molar-refractivity contribution >= 4 is 0 Å². The molecule has 0 spiro atoms. The SMILES string of the molecule is CCCCCCCCCCCCCCCCCCCCCCCOCCO. The van der Waals surface area contributed by atoms with Gasteiger partial charge in [-0.2, -0.15) is 0 Å². The molecule has 0 fully saturated rings. The molecule has 0 atom stereocenters. The number of hydrogen-bond acceptors (Lipinski definition) is 2. The van der Waals surface area contributed by atoms with E-state index in [9.17, 15) is 0 Å². The van der Waals surface area contributed by atoms with Crippen LogP contribution in [0.1, 0.15) is 142 Å². The molecule has 0 unspecified atom stereocenters. The summed E-state index contributed by atoms with van der Waals surface area (Å²) in [5.74, 6) is 0. The average Bonchev–Trinajstić information content (AvgIpc) is 2.68. The van der Waals surface area contributed by atoms with Crippen molar-refractivity contribution < 1.29 is 9.84 Å². The Morgan fingerprint density at radius 1 is 0.407 bits per heavy atom. The van der Waals surface area contributed by atoms with E-state index < -0.39 is 0 Å². The molecule has 0 saturated heterocycles. The maximum Gasteiger partial charge on any atom is 0.0697 e. The molecule has 0 heterocycles. The molecule has 2 heteroatoms. The van der Waals surface area contributed by atoms with Gasteiger partial charge in [0.2, 0.25) is 0 Å². The van der Waals surface area contributed by atoms with Gasteiger partial charge in [-0.05, 0) is 6.42 Å². The van der Waals surface area contributed by atoms with Crippen LogP contribution in [0.2, 0.25) is 0 Å². The van der Waals surface area contributed by atoms with Gasteiger partial charge in [0.25, 0.3) is 0 Å². The van der Waals surface area contributed by atoms with E-state index in [0.717, 1.165) is 13.0 Å². The molecule has 1 N–H and O–H groups in total. The molecule has 0 aromatic rings. The minimum Gasteiger partial charge on any atom is -0.394 e. The second-order valence-electron chi connectivity index (χ2n) is 8.41. The summed E-state index contributed by atoms with van der Waals surface area (Å²) in [5, 5.41) is 8.61. The van der Waals surface area contributed by atoms with E-state index in [4.69, 9.17) is 9.84 Å². The Labute approximate surface area is 171 Å². The van der Waals surface area contributed by atoms with Gasteiger partial charge in [0.15, 0.2) is 0 Å². The van der Waals surface area contributed by atoms with Gasteiger partial charge < -0.3 is 9.84 Å². The second kappa shape index (κ2) is 25.9. The summed E-state index contributed by atoms with van der Waals surface area (Å²) in [4.78, 5) is 0. The fourth-order valence-electron chi connectivity index (χ4n) is 3.80. The maximum absolute atomic E-state index is 8.61. The molecule has 0 aliphatic heterocycles. The predicted molar refractivity (Wildman–Crippen MR) is 121 cm³/mol. The number of aliphatic hydroxyl groups excluding tert-OH is 1. The van der Waals surface area contributed by atoms with Gasteiger partial charge in [-0.3, -0.25) is 0 Å². The average molecular weight is 385 g/mol. The van der Waals surface area contributed by atoms with Crippen LogP contribution in [0.5, 0.6) is 0 Å². The molecule has 0 rings (SSSR count). The van der Waals surface area contributed by atoms with Crippen molar-refractivity contribution in [2.45, 2.75) is 142 Å². The third-order valence-corrected chi connectivity index (χ3v) is 5.63. The maximum atomic E-state index is 8.61. The fourth-order valence-corrected chi connectivity index (χ4v) is 3.80. The van der Waals surface area contributed by atoms with Crippen LogP contribution in [0, 0.1) is 0 Å². The smallest absolute Gasteiger partial charge is 0.0697 e. The Hall–Kier alpha value is -0.0800. The Balaban J connectivity index is 2.95. The normalized spacial score (nSPS) is 11.3. The van der Waals surface area contributed by atoms with Gasteiger partial charge in [-0.15, -0.1) is 0 Å². The Morgan fingerprint density at radius 3 is 1.00 bits per heavy atom. The minimum absolute atomic E-state index is 0.152. The van der Waals surface area contributed by atoms with Crippen molar-refractivity contribution in [2.24, 2.45) is 0 Å². The largest absolute Gasteiger partial charge is 0.394 e. The first kappa shape index (κ1) is 26.9. The summed E-state index contributed by atoms with van der Waals surface area (Å²) in [7, 11) is 0. The van der Waals surface area contributed by atoms with Crippen molar-refractivity contribution in [3.8, 4) is 0 Å². The highest BCUT2D eigenvalue weighted by Gasteiger charge is 1.95.